The summed E-state index contributed by atoms with van der Waals surface area (Å²) in [5.41, 5.74) is 0. The Morgan fingerprint density at radius 1 is 1.47 bits per heavy atom. The van der Waals surface area contributed by atoms with Gasteiger partial charge in [-0.25, -0.2) is 0 Å². The van der Waals surface area contributed by atoms with E-state index in [1.165, 1.54) is 6.26 Å². The molecule has 0 unspecified atom stereocenters. The largest absolute Gasteiger partial charge is 0.465 e. The summed E-state index contributed by atoms with van der Waals surface area (Å²) in [4.78, 5) is 23.2. The molecule has 0 aliphatic rings. The van der Waals surface area contributed by atoms with E-state index in [1.54, 1.807) is 19.1 Å². The van der Waals surface area contributed by atoms with Crippen molar-refractivity contribution in [1.29, 1.82) is 0 Å². The molecule has 0 aromatic carbocycles. The molecule has 1 aromatic heterocycles. The highest BCUT2D eigenvalue weighted by molar-refractivity contribution is 5.95. The zero-order valence-corrected chi connectivity index (χ0v) is 10.3. The number of ketones is 1. The van der Waals surface area contributed by atoms with Crippen molar-refractivity contribution in [3.8, 4) is 0 Å². The SMILES string of the molecule is CCCCOC(=O)[C@H](C)CC(=O)c1ccco1. The predicted molar refractivity (Wildman–Crippen MR) is 62.7 cm³/mol. The Labute approximate surface area is 101 Å². The molecule has 0 bridgehead atoms. The minimum atomic E-state index is -0.426. The molecule has 4 nitrogen and oxygen atoms in total. The number of hydrogen-bond donors (Lipinski definition) is 0. The van der Waals surface area contributed by atoms with E-state index in [0.717, 1.165) is 12.8 Å². The maximum absolute atomic E-state index is 11.6. The number of ether oxygens (including phenoxy) is 1. The average Bonchev–Trinajstić information content (AvgIpc) is 2.82. The Morgan fingerprint density at radius 2 is 2.24 bits per heavy atom. The summed E-state index contributed by atoms with van der Waals surface area (Å²) in [7, 11) is 0. The Hall–Kier alpha value is -1.58. The van der Waals surface area contributed by atoms with Gasteiger partial charge in [0.15, 0.2) is 11.5 Å². The second-order valence-electron chi connectivity index (χ2n) is 4.03. The summed E-state index contributed by atoms with van der Waals surface area (Å²) in [6.07, 6.45) is 3.40. The third-order valence-corrected chi connectivity index (χ3v) is 2.43. The molecule has 0 fully saturated rings. The molecule has 0 amide bonds. The van der Waals surface area contributed by atoms with Crippen LogP contribution in [0.15, 0.2) is 22.8 Å². The lowest BCUT2D eigenvalue weighted by Crippen LogP contribution is -2.18. The Morgan fingerprint density at radius 3 is 2.82 bits per heavy atom. The number of rotatable bonds is 7. The quantitative estimate of drug-likeness (QED) is 0.416. The number of carbonyl (C=O) groups is 2. The molecule has 94 valence electrons. The van der Waals surface area contributed by atoms with Crippen LogP contribution in [0.5, 0.6) is 0 Å². The van der Waals surface area contributed by atoms with Crippen molar-refractivity contribution in [2.45, 2.75) is 33.1 Å². The van der Waals surface area contributed by atoms with Crippen LogP contribution in [0.1, 0.15) is 43.7 Å². The first kappa shape index (κ1) is 13.5. The Kier molecular flexibility index (Phi) is 5.46. The van der Waals surface area contributed by atoms with E-state index in [2.05, 4.69) is 0 Å². The number of esters is 1. The van der Waals surface area contributed by atoms with E-state index >= 15 is 0 Å². The summed E-state index contributed by atoms with van der Waals surface area (Å²) in [6, 6.07) is 3.24. The van der Waals surface area contributed by atoms with Crippen molar-refractivity contribution in [3.05, 3.63) is 24.2 Å². The van der Waals surface area contributed by atoms with Crippen molar-refractivity contribution >= 4 is 11.8 Å². The number of Topliss-reactive ketones (excluding diaryl/α,β-unsaturated/α-hetero) is 1. The van der Waals surface area contributed by atoms with Crippen molar-refractivity contribution < 1.29 is 18.7 Å². The predicted octanol–water partition coefficient (Wildman–Crippen LogP) is 2.83. The zero-order chi connectivity index (χ0) is 12.7. The summed E-state index contributed by atoms with van der Waals surface area (Å²) in [6.45, 7) is 4.14. The van der Waals surface area contributed by atoms with Crippen LogP contribution in [-0.4, -0.2) is 18.4 Å². The fourth-order valence-electron chi connectivity index (χ4n) is 1.36. The first-order valence-electron chi connectivity index (χ1n) is 5.88. The maximum atomic E-state index is 11.6. The molecule has 0 aliphatic carbocycles. The number of furan rings is 1. The summed E-state index contributed by atoms with van der Waals surface area (Å²) >= 11 is 0. The molecule has 1 aromatic rings. The monoisotopic (exact) mass is 238 g/mol. The maximum Gasteiger partial charge on any atom is 0.309 e. The zero-order valence-electron chi connectivity index (χ0n) is 10.3. The lowest BCUT2D eigenvalue weighted by atomic mass is 10.0. The minimum absolute atomic E-state index is 0.123. The van der Waals surface area contributed by atoms with Gasteiger partial charge in [0.1, 0.15) is 0 Å². The average molecular weight is 238 g/mol. The molecular formula is C13H18O4. The van der Waals surface area contributed by atoms with Crippen molar-refractivity contribution in [2.75, 3.05) is 6.61 Å². The fraction of sp³-hybridized carbons (Fsp3) is 0.538. The van der Waals surface area contributed by atoms with E-state index in [0.29, 0.717) is 12.4 Å². The number of hydrogen-bond acceptors (Lipinski definition) is 4. The van der Waals surface area contributed by atoms with Crippen LogP contribution in [0.4, 0.5) is 0 Å². The van der Waals surface area contributed by atoms with Gasteiger partial charge in [0.25, 0.3) is 0 Å². The molecular weight excluding hydrogens is 220 g/mol. The van der Waals surface area contributed by atoms with Crippen LogP contribution in [-0.2, 0) is 9.53 Å². The highest BCUT2D eigenvalue weighted by Gasteiger charge is 2.20. The highest BCUT2D eigenvalue weighted by Crippen LogP contribution is 2.12. The van der Waals surface area contributed by atoms with E-state index in [1.807, 2.05) is 6.92 Å². The van der Waals surface area contributed by atoms with E-state index in [4.69, 9.17) is 9.15 Å². The third kappa shape index (κ3) is 4.43. The number of carbonyl (C=O) groups excluding carboxylic acids is 2. The standard InChI is InChI=1S/C13H18O4/c1-3-4-7-17-13(15)10(2)9-11(14)12-6-5-8-16-12/h5-6,8,10H,3-4,7,9H2,1-2H3/t10-/m1/s1. The molecule has 0 aliphatic heterocycles. The van der Waals surface area contributed by atoms with Crippen molar-refractivity contribution in [3.63, 3.8) is 0 Å². The van der Waals surface area contributed by atoms with Gasteiger partial charge in [-0.3, -0.25) is 9.59 Å². The van der Waals surface area contributed by atoms with Crippen molar-refractivity contribution in [2.24, 2.45) is 5.92 Å². The van der Waals surface area contributed by atoms with Gasteiger partial charge in [0, 0.05) is 6.42 Å². The van der Waals surface area contributed by atoms with Gasteiger partial charge in [0.05, 0.1) is 18.8 Å². The Balaban J connectivity index is 2.35. The molecule has 0 N–H and O–H groups in total. The van der Waals surface area contributed by atoms with Crippen LogP contribution in [0.25, 0.3) is 0 Å². The van der Waals surface area contributed by atoms with E-state index in [9.17, 15) is 9.59 Å². The van der Waals surface area contributed by atoms with E-state index in [-0.39, 0.29) is 18.2 Å². The molecule has 0 spiro atoms. The topological polar surface area (TPSA) is 56.5 Å². The van der Waals surface area contributed by atoms with Gasteiger partial charge in [-0.2, -0.15) is 0 Å². The van der Waals surface area contributed by atoms with Crippen LogP contribution < -0.4 is 0 Å². The lowest BCUT2D eigenvalue weighted by Gasteiger charge is -2.09. The van der Waals surface area contributed by atoms with Gasteiger partial charge < -0.3 is 9.15 Å². The summed E-state index contributed by atoms with van der Waals surface area (Å²) < 4.78 is 10.0. The second-order valence-corrected chi connectivity index (χ2v) is 4.03. The fourth-order valence-corrected chi connectivity index (χ4v) is 1.36. The molecule has 1 heterocycles. The van der Waals surface area contributed by atoms with Crippen LogP contribution in [0.2, 0.25) is 0 Å². The second kappa shape index (κ2) is 6.89. The summed E-state index contributed by atoms with van der Waals surface area (Å²) in [5, 5.41) is 0. The highest BCUT2D eigenvalue weighted by atomic mass is 16.5. The van der Waals surface area contributed by atoms with Gasteiger partial charge in [0.2, 0.25) is 0 Å². The smallest absolute Gasteiger partial charge is 0.309 e. The van der Waals surface area contributed by atoms with Crippen molar-refractivity contribution in [1.82, 2.24) is 0 Å². The molecule has 1 atom stereocenters. The van der Waals surface area contributed by atoms with Gasteiger partial charge in [-0.15, -0.1) is 0 Å². The Bertz CT molecular complexity index is 354. The van der Waals surface area contributed by atoms with Crippen LogP contribution in [0.3, 0.4) is 0 Å². The van der Waals surface area contributed by atoms with E-state index < -0.39 is 5.92 Å². The van der Waals surface area contributed by atoms with Gasteiger partial charge >= 0.3 is 5.97 Å². The molecule has 0 saturated carbocycles. The van der Waals surface area contributed by atoms with Crippen LogP contribution in [0, 0.1) is 5.92 Å². The molecule has 1 rings (SSSR count). The first-order chi connectivity index (χ1) is 8.15. The molecule has 0 saturated heterocycles. The van der Waals surface area contributed by atoms with Crippen LogP contribution >= 0.6 is 0 Å². The number of unbranched alkanes of at least 4 members (excludes halogenated alkanes) is 1. The normalized spacial score (nSPS) is 12.1. The van der Waals surface area contributed by atoms with Gasteiger partial charge in [-0.1, -0.05) is 20.3 Å². The summed E-state index contributed by atoms with van der Waals surface area (Å²) in [5.74, 6) is -0.629. The lowest BCUT2D eigenvalue weighted by molar-refractivity contribution is -0.147. The minimum Gasteiger partial charge on any atom is -0.465 e. The molecule has 4 heteroatoms. The molecule has 0 radical (unpaired) electrons. The third-order valence-electron chi connectivity index (χ3n) is 2.43. The molecule has 17 heavy (non-hydrogen) atoms. The van der Waals surface area contributed by atoms with Gasteiger partial charge in [-0.05, 0) is 18.6 Å². The first-order valence-corrected chi connectivity index (χ1v) is 5.88.